The Morgan fingerprint density at radius 1 is 0.950 bits per heavy atom. The molecule has 3 aromatic rings. The fraction of sp³-hybridized carbons (Fsp3) is 0.118. The van der Waals surface area contributed by atoms with Crippen LogP contribution in [0.25, 0.3) is 10.8 Å². The molecule has 0 saturated carbocycles. The zero-order valence-corrected chi connectivity index (χ0v) is 11.1. The van der Waals surface area contributed by atoms with Gasteiger partial charge in [0.1, 0.15) is 11.9 Å². The molecule has 100 valence electrons. The van der Waals surface area contributed by atoms with Gasteiger partial charge in [-0.3, -0.25) is 4.98 Å². The van der Waals surface area contributed by atoms with Crippen molar-refractivity contribution >= 4 is 10.8 Å². The van der Waals surface area contributed by atoms with E-state index in [1.807, 2.05) is 36.4 Å². The molecule has 1 heterocycles. The van der Waals surface area contributed by atoms with Gasteiger partial charge in [0.05, 0.1) is 0 Å². The first-order chi connectivity index (χ1) is 9.88. The van der Waals surface area contributed by atoms with Gasteiger partial charge in [0.2, 0.25) is 0 Å². The highest BCUT2D eigenvalue weighted by Gasteiger charge is 2.12. The summed E-state index contributed by atoms with van der Waals surface area (Å²) >= 11 is 0. The smallest absolute Gasteiger partial charge is 0.136 e. The van der Waals surface area contributed by atoms with Crippen molar-refractivity contribution in [2.45, 2.75) is 6.10 Å². The average molecular weight is 264 g/mol. The normalized spacial score (nSPS) is 12.2. The van der Waals surface area contributed by atoms with Crippen molar-refractivity contribution < 1.29 is 4.74 Å². The molecule has 0 aliphatic heterocycles. The largest absolute Gasteiger partial charge is 0.484 e. The number of rotatable bonds is 4. The number of pyridine rings is 1. The molecular formula is C17H16N2O. The van der Waals surface area contributed by atoms with E-state index in [4.69, 9.17) is 10.5 Å². The first-order valence-corrected chi connectivity index (χ1v) is 6.63. The highest BCUT2D eigenvalue weighted by molar-refractivity contribution is 5.88. The van der Waals surface area contributed by atoms with Crippen LogP contribution in [0.5, 0.6) is 5.75 Å². The zero-order chi connectivity index (χ0) is 13.8. The van der Waals surface area contributed by atoms with Crippen LogP contribution >= 0.6 is 0 Å². The Morgan fingerprint density at radius 2 is 1.70 bits per heavy atom. The van der Waals surface area contributed by atoms with Crippen molar-refractivity contribution in [3.05, 3.63) is 72.6 Å². The summed E-state index contributed by atoms with van der Waals surface area (Å²) in [6.07, 6.45) is 3.35. The quantitative estimate of drug-likeness (QED) is 0.786. The summed E-state index contributed by atoms with van der Waals surface area (Å²) in [6.45, 7) is 0.424. The first kappa shape index (κ1) is 12.6. The minimum Gasteiger partial charge on any atom is -0.484 e. The van der Waals surface area contributed by atoms with Gasteiger partial charge in [0.25, 0.3) is 0 Å². The third-order valence-corrected chi connectivity index (χ3v) is 3.31. The van der Waals surface area contributed by atoms with Gasteiger partial charge in [-0.25, -0.2) is 0 Å². The molecule has 0 bridgehead atoms. The van der Waals surface area contributed by atoms with Crippen molar-refractivity contribution in [2.24, 2.45) is 5.73 Å². The fourth-order valence-electron chi connectivity index (χ4n) is 2.28. The highest BCUT2D eigenvalue weighted by atomic mass is 16.5. The molecule has 1 atom stereocenters. The van der Waals surface area contributed by atoms with Crippen molar-refractivity contribution in [3.8, 4) is 5.75 Å². The van der Waals surface area contributed by atoms with Crippen LogP contribution in [0.15, 0.2) is 67.0 Å². The third kappa shape index (κ3) is 2.49. The van der Waals surface area contributed by atoms with Gasteiger partial charge >= 0.3 is 0 Å². The van der Waals surface area contributed by atoms with Gasteiger partial charge in [-0.2, -0.15) is 0 Å². The van der Waals surface area contributed by atoms with E-state index in [0.717, 1.165) is 22.1 Å². The van der Waals surface area contributed by atoms with Gasteiger partial charge < -0.3 is 10.5 Å². The summed E-state index contributed by atoms with van der Waals surface area (Å²) in [6, 6.07) is 18.1. The minimum absolute atomic E-state index is 0.163. The molecule has 3 nitrogen and oxygen atoms in total. The van der Waals surface area contributed by atoms with Crippen LogP contribution in [-0.4, -0.2) is 11.5 Å². The second kappa shape index (κ2) is 5.72. The molecule has 3 heteroatoms. The summed E-state index contributed by atoms with van der Waals surface area (Å²) in [5.74, 6) is 0.857. The number of nitrogens with zero attached hydrogens (tertiary/aromatic N) is 1. The number of fused-ring (bicyclic) bond motifs is 1. The Morgan fingerprint density at radius 3 is 2.50 bits per heavy atom. The third-order valence-electron chi connectivity index (χ3n) is 3.31. The van der Waals surface area contributed by atoms with Crippen molar-refractivity contribution in [1.29, 1.82) is 0 Å². The van der Waals surface area contributed by atoms with E-state index < -0.39 is 0 Å². The lowest BCUT2D eigenvalue weighted by Gasteiger charge is -2.19. The number of aromatic nitrogens is 1. The van der Waals surface area contributed by atoms with Crippen molar-refractivity contribution in [1.82, 2.24) is 4.98 Å². The van der Waals surface area contributed by atoms with E-state index in [1.165, 1.54) is 0 Å². The van der Waals surface area contributed by atoms with Crippen molar-refractivity contribution in [2.75, 3.05) is 6.54 Å². The maximum Gasteiger partial charge on any atom is 0.136 e. The van der Waals surface area contributed by atoms with Crippen LogP contribution in [0, 0.1) is 0 Å². The first-order valence-electron chi connectivity index (χ1n) is 6.63. The number of hydrogen-bond acceptors (Lipinski definition) is 3. The molecule has 0 aliphatic carbocycles. The fourth-order valence-corrected chi connectivity index (χ4v) is 2.28. The Labute approximate surface area is 118 Å². The molecule has 1 unspecified atom stereocenters. The van der Waals surface area contributed by atoms with Crippen LogP contribution in [-0.2, 0) is 0 Å². The zero-order valence-electron chi connectivity index (χ0n) is 11.1. The molecule has 0 saturated heterocycles. The maximum absolute atomic E-state index is 6.11. The topological polar surface area (TPSA) is 48.1 Å². The van der Waals surface area contributed by atoms with E-state index in [0.29, 0.717) is 6.54 Å². The maximum atomic E-state index is 6.11. The van der Waals surface area contributed by atoms with Crippen LogP contribution in [0.4, 0.5) is 0 Å². The van der Waals surface area contributed by atoms with Gasteiger partial charge in [-0.05, 0) is 29.1 Å². The number of nitrogens with two attached hydrogens (primary N) is 1. The lowest BCUT2D eigenvalue weighted by atomic mass is 10.1. The molecule has 0 amide bonds. The van der Waals surface area contributed by atoms with E-state index in [1.54, 1.807) is 12.4 Å². The summed E-state index contributed by atoms with van der Waals surface area (Å²) in [7, 11) is 0. The summed E-state index contributed by atoms with van der Waals surface area (Å²) in [5.41, 5.74) is 6.89. The average Bonchev–Trinajstić information content (AvgIpc) is 2.53. The number of ether oxygens (including phenoxy) is 1. The van der Waals surface area contributed by atoms with Crippen molar-refractivity contribution in [3.63, 3.8) is 0 Å². The Balaban J connectivity index is 1.96. The lowest BCUT2D eigenvalue weighted by molar-refractivity contribution is 0.217. The standard InChI is InChI=1S/C17H16N2O/c18-12-17(14-8-10-19-11-9-14)20-16-7-3-5-13-4-1-2-6-15(13)16/h1-11,17H,12,18H2. The predicted molar refractivity (Wildman–Crippen MR) is 80.6 cm³/mol. The monoisotopic (exact) mass is 264 g/mol. The van der Waals surface area contributed by atoms with Crippen LogP contribution in [0.3, 0.4) is 0 Å². The Hall–Kier alpha value is -2.39. The van der Waals surface area contributed by atoms with Gasteiger partial charge in [-0.1, -0.05) is 36.4 Å². The van der Waals surface area contributed by atoms with Crippen LogP contribution < -0.4 is 10.5 Å². The molecule has 0 radical (unpaired) electrons. The lowest BCUT2D eigenvalue weighted by Crippen LogP contribution is -2.18. The van der Waals surface area contributed by atoms with Gasteiger partial charge in [-0.15, -0.1) is 0 Å². The van der Waals surface area contributed by atoms with E-state index in [2.05, 4.69) is 23.2 Å². The molecule has 0 spiro atoms. The molecule has 1 aromatic heterocycles. The van der Waals surface area contributed by atoms with E-state index >= 15 is 0 Å². The summed E-state index contributed by atoms with van der Waals surface area (Å²) < 4.78 is 6.11. The SMILES string of the molecule is NCC(Oc1cccc2ccccc12)c1ccncc1. The Bertz CT molecular complexity index is 692. The molecule has 0 aliphatic rings. The van der Waals surface area contributed by atoms with Gasteiger partial charge in [0.15, 0.2) is 0 Å². The second-order valence-corrected chi connectivity index (χ2v) is 4.60. The van der Waals surface area contributed by atoms with Crippen LogP contribution in [0.1, 0.15) is 11.7 Å². The molecule has 3 rings (SSSR count). The molecule has 0 fully saturated rings. The number of hydrogen-bond donors (Lipinski definition) is 1. The summed E-state index contributed by atoms with van der Waals surface area (Å²) in [5, 5.41) is 2.26. The molecule has 2 N–H and O–H groups in total. The molecular weight excluding hydrogens is 248 g/mol. The minimum atomic E-state index is -0.163. The van der Waals surface area contributed by atoms with Gasteiger partial charge in [0, 0.05) is 24.3 Å². The second-order valence-electron chi connectivity index (χ2n) is 4.60. The van der Waals surface area contributed by atoms with Crippen LogP contribution in [0.2, 0.25) is 0 Å². The number of benzene rings is 2. The van der Waals surface area contributed by atoms with E-state index in [9.17, 15) is 0 Å². The summed E-state index contributed by atoms with van der Waals surface area (Å²) in [4.78, 5) is 4.02. The molecule has 20 heavy (non-hydrogen) atoms. The Kier molecular flexibility index (Phi) is 3.61. The molecule has 2 aromatic carbocycles. The predicted octanol–water partition coefficient (Wildman–Crippen LogP) is 3.31. The highest BCUT2D eigenvalue weighted by Crippen LogP contribution is 2.29. The van der Waals surface area contributed by atoms with E-state index in [-0.39, 0.29) is 6.10 Å².